The first-order chi connectivity index (χ1) is 12.4. The van der Waals surface area contributed by atoms with Crippen molar-refractivity contribution in [2.24, 2.45) is 0 Å². The molecule has 2 N–H and O–H groups in total. The average molecular weight is 383 g/mol. The molecule has 0 saturated heterocycles. The summed E-state index contributed by atoms with van der Waals surface area (Å²) in [6.07, 6.45) is -2.52. The highest BCUT2D eigenvalue weighted by molar-refractivity contribution is 7.90. The number of carbonyl (C=O) groups is 2. The van der Waals surface area contributed by atoms with Crippen molar-refractivity contribution in [3.63, 3.8) is 0 Å². The first-order valence-electron chi connectivity index (χ1n) is 7.70. The molecule has 0 radical (unpaired) electrons. The van der Waals surface area contributed by atoms with E-state index >= 15 is 0 Å². The van der Waals surface area contributed by atoms with Gasteiger partial charge in [-0.3, -0.25) is 4.79 Å². The molecule has 9 nitrogen and oxygen atoms in total. The third-order valence-electron chi connectivity index (χ3n) is 3.09. The maximum atomic E-state index is 12.4. The van der Waals surface area contributed by atoms with Gasteiger partial charge in [0.15, 0.2) is 15.9 Å². The predicted molar refractivity (Wildman–Crippen MR) is 92.7 cm³/mol. The van der Waals surface area contributed by atoms with Gasteiger partial charge in [0.2, 0.25) is 0 Å². The molecule has 142 valence electrons. The molecule has 1 atom stereocenters. The minimum atomic E-state index is -3.75. The zero-order chi connectivity index (χ0) is 19.4. The summed E-state index contributed by atoms with van der Waals surface area (Å²) in [7, 11) is -2.30. The summed E-state index contributed by atoms with van der Waals surface area (Å²) in [6.45, 7) is 0.0358. The van der Waals surface area contributed by atoms with Crippen molar-refractivity contribution >= 4 is 21.8 Å². The Morgan fingerprint density at radius 1 is 1.23 bits per heavy atom. The fourth-order valence-corrected chi connectivity index (χ4v) is 3.45. The Hall–Kier alpha value is -2.64. The maximum Gasteiger partial charge on any atom is 0.408 e. The van der Waals surface area contributed by atoms with Crippen molar-refractivity contribution in [1.29, 1.82) is 5.26 Å². The van der Waals surface area contributed by atoms with E-state index in [2.05, 4.69) is 10.6 Å². The number of hydrogen-bond acceptors (Lipinski definition) is 7. The van der Waals surface area contributed by atoms with Crippen LogP contribution in [0.5, 0.6) is 0 Å². The summed E-state index contributed by atoms with van der Waals surface area (Å²) < 4.78 is 34.4. The molecule has 0 heterocycles. The number of ether oxygens (including phenoxy) is 2. The van der Waals surface area contributed by atoms with Crippen molar-refractivity contribution < 1.29 is 27.5 Å². The van der Waals surface area contributed by atoms with E-state index in [-0.39, 0.29) is 25.4 Å². The van der Waals surface area contributed by atoms with Crippen LogP contribution >= 0.6 is 0 Å². The predicted octanol–water partition coefficient (Wildman–Crippen LogP) is -0.0176. The van der Waals surface area contributed by atoms with Gasteiger partial charge in [-0.2, -0.15) is 5.26 Å². The lowest BCUT2D eigenvalue weighted by atomic mass is 10.2. The first kappa shape index (κ1) is 21.4. The van der Waals surface area contributed by atoms with Crippen LogP contribution in [0.15, 0.2) is 30.3 Å². The highest BCUT2D eigenvalue weighted by atomic mass is 32.2. The maximum absolute atomic E-state index is 12.4. The number of methoxy groups -OCH3 is 1. The monoisotopic (exact) mass is 383 g/mol. The van der Waals surface area contributed by atoms with Gasteiger partial charge in [-0.15, -0.1) is 0 Å². The van der Waals surface area contributed by atoms with Crippen molar-refractivity contribution in [3.05, 3.63) is 35.9 Å². The summed E-state index contributed by atoms with van der Waals surface area (Å²) in [5.41, 5.74) is 0.549. The number of nitrogens with one attached hydrogen (secondary N) is 2. The minimum absolute atomic E-state index is 0.138. The zero-order valence-electron chi connectivity index (χ0n) is 14.3. The molecular formula is C16H21N3O6S. The number of sulfone groups is 1. The van der Waals surface area contributed by atoms with Crippen LogP contribution in [0.2, 0.25) is 0 Å². The number of nitriles is 1. The van der Waals surface area contributed by atoms with E-state index in [0.29, 0.717) is 5.56 Å². The molecule has 0 unspecified atom stereocenters. The van der Waals surface area contributed by atoms with Crippen LogP contribution in [0.1, 0.15) is 5.56 Å². The summed E-state index contributed by atoms with van der Waals surface area (Å²) in [4.78, 5) is 23.8. The number of amides is 2. The van der Waals surface area contributed by atoms with E-state index in [9.17, 15) is 18.0 Å². The molecule has 26 heavy (non-hydrogen) atoms. The molecule has 0 bridgehead atoms. The van der Waals surface area contributed by atoms with E-state index < -0.39 is 33.7 Å². The normalized spacial score (nSPS) is 11.8. The van der Waals surface area contributed by atoms with Gasteiger partial charge < -0.3 is 20.1 Å². The lowest BCUT2D eigenvalue weighted by Gasteiger charge is -2.17. The quantitative estimate of drug-likeness (QED) is 0.428. The Kier molecular flexibility index (Phi) is 9.11. The standard InChI is InChI=1S/C16H21N3O6S/c1-24-10-9-19-16(21)25-14(15(20)18-8-7-17)12-26(22,23)11-13-5-3-2-4-6-13/h2-6,14H,8-12H2,1H3,(H,18,20)(H,19,21)/t14-/m0/s1. The van der Waals surface area contributed by atoms with Gasteiger partial charge in [-0.25, -0.2) is 13.2 Å². The van der Waals surface area contributed by atoms with Crippen molar-refractivity contribution in [3.8, 4) is 6.07 Å². The molecule has 0 spiro atoms. The Bertz CT molecular complexity index is 730. The fourth-order valence-electron chi connectivity index (χ4n) is 1.95. The summed E-state index contributed by atoms with van der Waals surface area (Å²) in [5, 5.41) is 13.1. The molecule has 1 aromatic carbocycles. The molecule has 0 aliphatic carbocycles. The second-order valence-corrected chi connectivity index (χ2v) is 7.34. The van der Waals surface area contributed by atoms with Gasteiger partial charge in [-0.1, -0.05) is 30.3 Å². The molecule has 1 aromatic rings. The van der Waals surface area contributed by atoms with Gasteiger partial charge in [-0.05, 0) is 5.56 Å². The number of benzene rings is 1. The Morgan fingerprint density at radius 2 is 1.92 bits per heavy atom. The molecule has 10 heteroatoms. The van der Waals surface area contributed by atoms with Crippen molar-refractivity contribution in [2.75, 3.05) is 32.6 Å². The van der Waals surface area contributed by atoms with E-state index in [0.717, 1.165) is 0 Å². The third-order valence-corrected chi connectivity index (χ3v) is 4.68. The number of hydrogen-bond donors (Lipinski definition) is 2. The Morgan fingerprint density at radius 3 is 2.54 bits per heavy atom. The lowest BCUT2D eigenvalue weighted by Crippen LogP contribution is -2.44. The van der Waals surface area contributed by atoms with Gasteiger partial charge in [0.25, 0.3) is 5.91 Å². The summed E-state index contributed by atoms with van der Waals surface area (Å²) in [5.74, 6) is -1.86. The Balaban J connectivity index is 2.78. The number of rotatable bonds is 10. The van der Waals surface area contributed by atoms with Gasteiger partial charge in [0.1, 0.15) is 6.54 Å². The van der Waals surface area contributed by atoms with Crippen LogP contribution in [0.4, 0.5) is 4.79 Å². The first-order valence-corrected chi connectivity index (χ1v) is 9.52. The largest absolute Gasteiger partial charge is 0.435 e. The Labute approximate surface area is 152 Å². The molecular weight excluding hydrogens is 362 g/mol. The molecule has 0 fully saturated rings. The van der Waals surface area contributed by atoms with E-state index in [1.165, 1.54) is 7.11 Å². The second-order valence-electron chi connectivity index (χ2n) is 5.23. The van der Waals surface area contributed by atoms with Crippen molar-refractivity contribution in [2.45, 2.75) is 11.9 Å². The van der Waals surface area contributed by atoms with Crippen LogP contribution < -0.4 is 10.6 Å². The molecule has 2 amide bonds. The van der Waals surface area contributed by atoms with Crippen LogP contribution in [-0.2, 0) is 29.9 Å². The summed E-state index contributed by atoms with van der Waals surface area (Å²) >= 11 is 0. The molecule has 0 saturated carbocycles. The van der Waals surface area contributed by atoms with Crippen molar-refractivity contribution in [1.82, 2.24) is 10.6 Å². The molecule has 0 aromatic heterocycles. The minimum Gasteiger partial charge on any atom is -0.435 e. The number of nitrogens with zero attached hydrogens (tertiary/aromatic N) is 1. The fraction of sp³-hybridized carbons (Fsp3) is 0.438. The molecule has 0 aliphatic rings. The highest BCUT2D eigenvalue weighted by Crippen LogP contribution is 2.09. The van der Waals surface area contributed by atoms with E-state index in [1.54, 1.807) is 36.4 Å². The average Bonchev–Trinajstić information content (AvgIpc) is 2.59. The molecule has 1 rings (SSSR count). The zero-order valence-corrected chi connectivity index (χ0v) is 15.1. The second kappa shape index (κ2) is 11.1. The number of alkyl carbamates (subject to hydrolysis) is 1. The third kappa shape index (κ3) is 8.46. The van der Waals surface area contributed by atoms with Gasteiger partial charge in [0, 0.05) is 13.7 Å². The lowest BCUT2D eigenvalue weighted by molar-refractivity contribution is -0.128. The van der Waals surface area contributed by atoms with E-state index in [4.69, 9.17) is 14.7 Å². The SMILES string of the molecule is COCCNC(=O)O[C@@H](CS(=O)(=O)Cc1ccccc1)C(=O)NCC#N. The van der Waals surface area contributed by atoms with Crippen LogP contribution in [0, 0.1) is 11.3 Å². The highest BCUT2D eigenvalue weighted by Gasteiger charge is 2.29. The van der Waals surface area contributed by atoms with Gasteiger partial charge >= 0.3 is 6.09 Å². The van der Waals surface area contributed by atoms with Gasteiger partial charge in [0.05, 0.1) is 24.2 Å². The molecule has 0 aliphatic heterocycles. The van der Waals surface area contributed by atoms with Crippen LogP contribution in [0.3, 0.4) is 0 Å². The summed E-state index contributed by atoms with van der Waals surface area (Å²) in [6, 6.07) is 10.1. The number of carbonyl (C=O) groups excluding carboxylic acids is 2. The topological polar surface area (TPSA) is 135 Å². The van der Waals surface area contributed by atoms with Crippen LogP contribution in [-0.4, -0.2) is 59.1 Å². The van der Waals surface area contributed by atoms with E-state index in [1.807, 2.05) is 0 Å². The van der Waals surface area contributed by atoms with Crippen LogP contribution in [0.25, 0.3) is 0 Å². The smallest absolute Gasteiger partial charge is 0.408 e.